The van der Waals surface area contributed by atoms with E-state index < -0.39 is 0 Å². The molecule has 118 valence electrons. The number of likely N-dealkylation sites (N-methyl/N-ethyl adjacent to an activating group) is 1. The number of hydrogen-bond donors (Lipinski definition) is 1. The smallest absolute Gasteiger partial charge is 0.236 e. The third-order valence-corrected chi connectivity index (χ3v) is 3.12. The number of halogens is 1. The number of carbonyl (C=O) groups is 1. The topological polar surface area (TPSA) is 50.8 Å². The second kappa shape index (κ2) is 10.4. The minimum absolute atomic E-state index is 0.0638. The number of amides is 1. The van der Waals surface area contributed by atoms with Crippen LogP contribution in [0.25, 0.3) is 0 Å². The van der Waals surface area contributed by atoms with Gasteiger partial charge in [0.1, 0.15) is 5.75 Å². The molecule has 5 nitrogen and oxygen atoms in total. The van der Waals surface area contributed by atoms with E-state index in [0.29, 0.717) is 37.9 Å². The Morgan fingerprint density at radius 1 is 1.38 bits per heavy atom. The molecule has 1 amide bonds. The summed E-state index contributed by atoms with van der Waals surface area (Å²) in [5.41, 5.74) is 0. The third-order valence-electron chi connectivity index (χ3n) is 2.89. The molecule has 21 heavy (non-hydrogen) atoms. The molecular weight excluding hydrogens is 292 g/mol. The van der Waals surface area contributed by atoms with Crippen molar-refractivity contribution >= 4 is 17.5 Å². The maximum atomic E-state index is 11.8. The highest BCUT2D eigenvalue weighted by atomic mass is 35.5. The summed E-state index contributed by atoms with van der Waals surface area (Å²) in [6.07, 6.45) is 0.771. The molecule has 0 spiro atoms. The number of rotatable bonds is 10. The molecule has 0 heterocycles. The third kappa shape index (κ3) is 7.90. The summed E-state index contributed by atoms with van der Waals surface area (Å²) in [7, 11) is 3.43. The van der Waals surface area contributed by atoms with Crippen LogP contribution in [0.2, 0.25) is 5.02 Å². The van der Waals surface area contributed by atoms with Crippen molar-refractivity contribution in [3.05, 3.63) is 29.3 Å². The van der Waals surface area contributed by atoms with Gasteiger partial charge >= 0.3 is 0 Å². The number of nitrogens with one attached hydrogen (secondary N) is 1. The summed E-state index contributed by atoms with van der Waals surface area (Å²) in [4.78, 5) is 13.5. The van der Waals surface area contributed by atoms with Crippen molar-refractivity contribution in [3.63, 3.8) is 0 Å². The zero-order chi connectivity index (χ0) is 15.5. The van der Waals surface area contributed by atoms with Crippen LogP contribution in [0.3, 0.4) is 0 Å². The zero-order valence-electron chi connectivity index (χ0n) is 12.6. The van der Waals surface area contributed by atoms with Gasteiger partial charge in [0.15, 0.2) is 0 Å². The summed E-state index contributed by atoms with van der Waals surface area (Å²) in [6.45, 7) is 2.81. The van der Waals surface area contributed by atoms with Crippen molar-refractivity contribution in [3.8, 4) is 5.75 Å². The summed E-state index contributed by atoms with van der Waals surface area (Å²) < 4.78 is 10.5. The van der Waals surface area contributed by atoms with E-state index in [9.17, 15) is 4.79 Å². The molecule has 0 saturated carbocycles. The number of carbonyl (C=O) groups excluding carboxylic acids is 1. The Bertz CT molecular complexity index is 429. The number of methoxy groups -OCH3 is 1. The first kappa shape index (κ1) is 17.8. The van der Waals surface area contributed by atoms with Crippen LogP contribution in [0, 0.1) is 0 Å². The fourth-order valence-electron chi connectivity index (χ4n) is 1.68. The van der Waals surface area contributed by atoms with Gasteiger partial charge < -0.3 is 19.7 Å². The highest BCUT2D eigenvalue weighted by Gasteiger charge is 2.07. The summed E-state index contributed by atoms with van der Waals surface area (Å²) in [5, 5.41) is 3.68. The Labute approximate surface area is 131 Å². The molecule has 1 rings (SSSR count). The molecule has 1 aromatic carbocycles. The normalized spacial score (nSPS) is 10.4. The molecule has 0 radical (unpaired) electrons. The van der Waals surface area contributed by atoms with Crippen LogP contribution in [0.5, 0.6) is 5.75 Å². The lowest BCUT2D eigenvalue weighted by molar-refractivity contribution is -0.129. The minimum Gasteiger partial charge on any atom is -0.493 e. The van der Waals surface area contributed by atoms with Crippen molar-refractivity contribution < 1.29 is 14.3 Å². The highest BCUT2D eigenvalue weighted by Crippen LogP contribution is 2.17. The van der Waals surface area contributed by atoms with Crippen molar-refractivity contribution in [2.45, 2.75) is 6.42 Å². The first-order valence-electron chi connectivity index (χ1n) is 6.95. The summed E-state index contributed by atoms with van der Waals surface area (Å²) >= 11 is 5.87. The van der Waals surface area contributed by atoms with Crippen LogP contribution < -0.4 is 10.1 Å². The van der Waals surface area contributed by atoms with Gasteiger partial charge in [-0.25, -0.2) is 0 Å². The molecular formula is C15H23ClN2O3. The number of hydrogen-bond acceptors (Lipinski definition) is 4. The SMILES string of the molecule is COCCNCC(=O)N(C)CCCOc1cccc(Cl)c1. The van der Waals surface area contributed by atoms with Crippen LogP contribution in [-0.4, -0.2) is 57.8 Å². The average molecular weight is 315 g/mol. The predicted octanol–water partition coefficient (Wildman–Crippen LogP) is 1.80. The molecule has 0 aliphatic rings. The Morgan fingerprint density at radius 3 is 2.90 bits per heavy atom. The molecule has 0 aliphatic carbocycles. The lowest BCUT2D eigenvalue weighted by Crippen LogP contribution is -2.37. The lowest BCUT2D eigenvalue weighted by atomic mass is 10.3. The molecule has 0 atom stereocenters. The van der Waals surface area contributed by atoms with E-state index in [1.165, 1.54) is 0 Å². The quantitative estimate of drug-likeness (QED) is 0.669. The maximum Gasteiger partial charge on any atom is 0.236 e. The first-order chi connectivity index (χ1) is 10.1. The molecule has 6 heteroatoms. The molecule has 0 unspecified atom stereocenters. The standard InChI is InChI=1S/C15H23ClN2O3/c1-18(15(19)12-17-7-10-20-2)8-4-9-21-14-6-3-5-13(16)11-14/h3,5-6,11,17H,4,7-10,12H2,1-2H3. The van der Waals surface area contributed by atoms with E-state index in [1.54, 1.807) is 31.2 Å². The Kier molecular flexibility index (Phi) is 8.82. The van der Waals surface area contributed by atoms with Crippen LogP contribution in [0.4, 0.5) is 0 Å². The van der Waals surface area contributed by atoms with Gasteiger partial charge in [0.05, 0.1) is 19.8 Å². The van der Waals surface area contributed by atoms with E-state index in [0.717, 1.165) is 12.2 Å². The van der Waals surface area contributed by atoms with Gasteiger partial charge in [0.25, 0.3) is 0 Å². The first-order valence-corrected chi connectivity index (χ1v) is 7.33. The Balaban J connectivity index is 2.12. The fraction of sp³-hybridized carbons (Fsp3) is 0.533. The Morgan fingerprint density at radius 2 is 2.19 bits per heavy atom. The van der Waals surface area contributed by atoms with Gasteiger partial charge in [0.2, 0.25) is 5.91 Å². The molecule has 1 N–H and O–H groups in total. The van der Waals surface area contributed by atoms with Crippen LogP contribution in [0.15, 0.2) is 24.3 Å². The second-order valence-electron chi connectivity index (χ2n) is 4.64. The molecule has 0 saturated heterocycles. The van der Waals surface area contributed by atoms with Gasteiger partial charge in [-0.1, -0.05) is 17.7 Å². The van der Waals surface area contributed by atoms with Gasteiger partial charge in [0, 0.05) is 32.3 Å². The van der Waals surface area contributed by atoms with Gasteiger partial charge in [-0.05, 0) is 24.6 Å². The number of benzene rings is 1. The van der Waals surface area contributed by atoms with Gasteiger partial charge in [-0.2, -0.15) is 0 Å². The van der Waals surface area contributed by atoms with Crippen LogP contribution in [0.1, 0.15) is 6.42 Å². The number of nitrogens with zero attached hydrogens (tertiary/aromatic N) is 1. The highest BCUT2D eigenvalue weighted by molar-refractivity contribution is 6.30. The van der Waals surface area contributed by atoms with E-state index in [4.69, 9.17) is 21.1 Å². The molecule has 0 aromatic heterocycles. The van der Waals surface area contributed by atoms with Crippen molar-refractivity contribution in [2.24, 2.45) is 0 Å². The van der Waals surface area contributed by atoms with Crippen molar-refractivity contribution in [1.29, 1.82) is 0 Å². The largest absolute Gasteiger partial charge is 0.493 e. The lowest BCUT2D eigenvalue weighted by Gasteiger charge is -2.17. The van der Waals surface area contributed by atoms with E-state index in [2.05, 4.69) is 5.32 Å². The van der Waals surface area contributed by atoms with E-state index in [1.807, 2.05) is 12.1 Å². The molecule has 0 fully saturated rings. The van der Waals surface area contributed by atoms with Crippen LogP contribution in [-0.2, 0) is 9.53 Å². The van der Waals surface area contributed by atoms with Crippen molar-refractivity contribution in [1.82, 2.24) is 10.2 Å². The molecule has 1 aromatic rings. The van der Waals surface area contributed by atoms with Gasteiger partial charge in [-0.15, -0.1) is 0 Å². The monoisotopic (exact) mass is 314 g/mol. The predicted molar refractivity (Wildman–Crippen MR) is 83.9 cm³/mol. The summed E-state index contributed by atoms with van der Waals surface area (Å²) in [5.74, 6) is 0.812. The molecule has 0 bridgehead atoms. The van der Waals surface area contributed by atoms with Crippen LogP contribution >= 0.6 is 11.6 Å². The fourth-order valence-corrected chi connectivity index (χ4v) is 1.86. The summed E-state index contributed by atoms with van der Waals surface area (Å²) in [6, 6.07) is 7.28. The van der Waals surface area contributed by atoms with E-state index >= 15 is 0 Å². The van der Waals surface area contributed by atoms with Crippen molar-refractivity contribution in [2.75, 3.05) is 47.0 Å². The minimum atomic E-state index is 0.0638. The van der Waals surface area contributed by atoms with E-state index in [-0.39, 0.29) is 5.91 Å². The zero-order valence-corrected chi connectivity index (χ0v) is 13.4. The maximum absolute atomic E-state index is 11.8. The average Bonchev–Trinajstić information content (AvgIpc) is 2.47. The van der Waals surface area contributed by atoms with Gasteiger partial charge in [-0.3, -0.25) is 4.79 Å². The second-order valence-corrected chi connectivity index (χ2v) is 5.08. The Hall–Kier alpha value is -1.30. The molecule has 0 aliphatic heterocycles. The number of ether oxygens (including phenoxy) is 2.